The second kappa shape index (κ2) is 6.39. The Kier molecular flexibility index (Phi) is 4.07. The molecule has 0 spiro atoms. The number of aromatic nitrogens is 6. The van der Waals surface area contributed by atoms with Crippen molar-refractivity contribution >= 4 is 5.91 Å². The molecule has 0 saturated heterocycles. The van der Waals surface area contributed by atoms with Crippen LogP contribution in [0.3, 0.4) is 0 Å². The van der Waals surface area contributed by atoms with Gasteiger partial charge in [0.15, 0.2) is 5.82 Å². The molecule has 2 aromatic heterocycles. The Hall–Kier alpha value is -2.25. The molecule has 0 aromatic carbocycles. The third kappa shape index (κ3) is 2.93. The highest BCUT2D eigenvalue weighted by molar-refractivity contribution is 5.76. The number of imidazole rings is 1. The molecule has 0 radical (unpaired) electrons. The van der Waals surface area contributed by atoms with E-state index in [1.807, 2.05) is 24.1 Å². The summed E-state index contributed by atoms with van der Waals surface area (Å²) >= 11 is 0. The van der Waals surface area contributed by atoms with Gasteiger partial charge in [0, 0.05) is 37.3 Å². The van der Waals surface area contributed by atoms with E-state index in [4.69, 9.17) is 0 Å². The first-order valence-corrected chi connectivity index (χ1v) is 10.6. The van der Waals surface area contributed by atoms with E-state index >= 15 is 0 Å². The fourth-order valence-corrected chi connectivity index (χ4v) is 6.52. The van der Waals surface area contributed by atoms with Gasteiger partial charge < -0.3 is 9.88 Å². The maximum atomic E-state index is 12.9. The van der Waals surface area contributed by atoms with Crippen molar-refractivity contribution in [1.82, 2.24) is 35.1 Å². The summed E-state index contributed by atoms with van der Waals surface area (Å²) < 4.78 is 2.09. The predicted octanol–water partition coefficient (Wildman–Crippen LogP) is 1.99. The minimum absolute atomic E-state index is 0.0711. The molecule has 0 aliphatic heterocycles. The smallest absolute Gasteiger partial charge is 0.222 e. The first kappa shape index (κ1) is 17.8. The van der Waals surface area contributed by atoms with Gasteiger partial charge in [0.2, 0.25) is 5.91 Å². The van der Waals surface area contributed by atoms with E-state index in [9.17, 15) is 4.79 Å². The number of carbonyl (C=O) groups excluding carboxylic acids is 1. The van der Waals surface area contributed by atoms with Crippen molar-refractivity contribution < 1.29 is 4.79 Å². The zero-order chi connectivity index (χ0) is 19.4. The highest BCUT2D eigenvalue weighted by Crippen LogP contribution is 2.60. The van der Waals surface area contributed by atoms with Crippen molar-refractivity contribution in [2.45, 2.75) is 82.8 Å². The fraction of sp³-hybridized carbons (Fsp3) is 0.750. The minimum atomic E-state index is -0.106. The second-order valence-electron chi connectivity index (χ2n) is 9.28. The van der Waals surface area contributed by atoms with Gasteiger partial charge in [-0.05, 0) is 62.5 Å². The summed E-state index contributed by atoms with van der Waals surface area (Å²) in [5.74, 6) is 3.20. The number of nitrogens with one attached hydrogen (secondary N) is 1. The van der Waals surface area contributed by atoms with Crippen molar-refractivity contribution in [2.75, 3.05) is 0 Å². The van der Waals surface area contributed by atoms with E-state index in [0.29, 0.717) is 24.8 Å². The maximum Gasteiger partial charge on any atom is 0.222 e. The third-order valence-corrected chi connectivity index (χ3v) is 7.07. The zero-order valence-corrected chi connectivity index (χ0v) is 16.8. The number of tetrazole rings is 1. The lowest BCUT2D eigenvalue weighted by atomic mass is 9.50. The first-order chi connectivity index (χ1) is 13.5. The molecule has 8 heteroatoms. The summed E-state index contributed by atoms with van der Waals surface area (Å²) in [6.07, 6.45) is 11.8. The number of aryl methyl sites for hydroxylation is 3. The number of amides is 1. The Bertz CT molecular complexity index is 871. The fourth-order valence-electron chi connectivity index (χ4n) is 6.52. The Balaban J connectivity index is 1.31. The van der Waals surface area contributed by atoms with Crippen LogP contribution in [-0.2, 0) is 23.3 Å². The standard InChI is InChI=1S/C20H29N7O/c1-3-17-21-5-7-26(17)6-4-18(28)22-19-9-15-8-16(10-19)12-20(11-15,13-19)27-24-14(2)23-25-27/h5,7,15-16H,3-4,6,8-13H2,1-2H3,(H,22,28). The van der Waals surface area contributed by atoms with Crippen LogP contribution in [0.4, 0.5) is 0 Å². The molecule has 2 unspecified atom stereocenters. The average Bonchev–Trinajstić information content (AvgIpc) is 3.27. The number of nitrogens with zero attached hydrogens (tertiary/aromatic N) is 6. The topological polar surface area (TPSA) is 90.5 Å². The Morgan fingerprint density at radius 3 is 2.75 bits per heavy atom. The molecule has 150 valence electrons. The van der Waals surface area contributed by atoms with Crippen molar-refractivity contribution in [1.29, 1.82) is 0 Å². The molecule has 4 aliphatic carbocycles. The van der Waals surface area contributed by atoms with Gasteiger partial charge in [-0.25, -0.2) is 4.98 Å². The number of carbonyl (C=O) groups is 1. The molecular formula is C20H29N7O. The quantitative estimate of drug-likeness (QED) is 0.824. The third-order valence-electron chi connectivity index (χ3n) is 7.07. The number of hydrogen-bond acceptors (Lipinski definition) is 5. The van der Waals surface area contributed by atoms with Crippen molar-refractivity contribution in [3.8, 4) is 0 Å². The van der Waals surface area contributed by atoms with E-state index in [-0.39, 0.29) is 17.0 Å². The van der Waals surface area contributed by atoms with Gasteiger partial charge in [0.1, 0.15) is 5.82 Å². The van der Waals surface area contributed by atoms with Crippen LogP contribution in [0.2, 0.25) is 0 Å². The molecule has 8 nitrogen and oxygen atoms in total. The predicted molar refractivity (Wildman–Crippen MR) is 102 cm³/mol. The van der Waals surface area contributed by atoms with Gasteiger partial charge >= 0.3 is 0 Å². The van der Waals surface area contributed by atoms with Crippen molar-refractivity contribution in [3.63, 3.8) is 0 Å². The normalized spacial score (nSPS) is 33.4. The van der Waals surface area contributed by atoms with Crippen LogP contribution in [0.15, 0.2) is 12.4 Å². The molecule has 6 rings (SSSR count). The number of hydrogen-bond donors (Lipinski definition) is 1. The highest BCUT2D eigenvalue weighted by Gasteiger charge is 2.60. The Labute approximate surface area is 165 Å². The van der Waals surface area contributed by atoms with Crippen LogP contribution in [0.5, 0.6) is 0 Å². The summed E-state index contributed by atoms with van der Waals surface area (Å²) in [6, 6.07) is 0. The van der Waals surface area contributed by atoms with Crippen molar-refractivity contribution in [2.24, 2.45) is 11.8 Å². The van der Waals surface area contributed by atoms with Crippen LogP contribution in [-0.4, -0.2) is 41.2 Å². The van der Waals surface area contributed by atoms with Crippen LogP contribution in [0.1, 0.15) is 63.5 Å². The molecule has 4 saturated carbocycles. The summed E-state index contributed by atoms with van der Waals surface area (Å²) in [5, 5.41) is 16.5. The van der Waals surface area contributed by atoms with Gasteiger partial charge in [0.25, 0.3) is 0 Å². The van der Waals surface area contributed by atoms with E-state index in [1.165, 1.54) is 6.42 Å². The minimum Gasteiger partial charge on any atom is -0.350 e. The molecule has 4 bridgehead atoms. The van der Waals surface area contributed by atoms with E-state index in [0.717, 1.165) is 50.2 Å². The lowest BCUT2D eigenvalue weighted by Gasteiger charge is -2.61. The molecule has 4 fully saturated rings. The summed E-state index contributed by atoms with van der Waals surface area (Å²) in [7, 11) is 0. The first-order valence-electron chi connectivity index (χ1n) is 10.6. The van der Waals surface area contributed by atoms with E-state index in [2.05, 4.69) is 37.2 Å². The van der Waals surface area contributed by atoms with Gasteiger partial charge in [-0.2, -0.15) is 4.80 Å². The number of rotatable bonds is 6. The van der Waals surface area contributed by atoms with Crippen LogP contribution in [0.25, 0.3) is 0 Å². The Morgan fingerprint density at radius 2 is 2.07 bits per heavy atom. The highest BCUT2D eigenvalue weighted by atomic mass is 16.1. The summed E-state index contributed by atoms with van der Waals surface area (Å²) in [4.78, 5) is 19.1. The molecular weight excluding hydrogens is 354 g/mol. The second-order valence-corrected chi connectivity index (χ2v) is 9.28. The average molecular weight is 384 g/mol. The Morgan fingerprint density at radius 1 is 1.29 bits per heavy atom. The summed E-state index contributed by atoms with van der Waals surface area (Å²) in [6.45, 7) is 4.67. The lowest BCUT2D eigenvalue weighted by molar-refractivity contribution is -0.131. The van der Waals surface area contributed by atoms with Crippen molar-refractivity contribution in [3.05, 3.63) is 24.0 Å². The SMILES string of the molecule is CCc1nccn1CCC(=O)NC12CC3CC(C1)CC(n1nnc(C)n1)(C3)C2. The molecule has 2 atom stereocenters. The summed E-state index contributed by atoms with van der Waals surface area (Å²) in [5.41, 5.74) is -0.177. The van der Waals surface area contributed by atoms with Crippen LogP contribution < -0.4 is 5.32 Å². The monoisotopic (exact) mass is 383 g/mol. The molecule has 1 N–H and O–H groups in total. The van der Waals surface area contributed by atoms with Gasteiger partial charge in [-0.1, -0.05) is 6.92 Å². The molecule has 4 aliphatic rings. The molecule has 28 heavy (non-hydrogen) atoms. The van der Waals surface area contributed by atoms with Gasteiger partial charge in [-0.3, -0.25) is 4.79 Å². The molecule has 2 heterocycles. The lowest BCUT2D eigenvalue weighted by Crippen LogP contribution is -2.66. The largest absolute Gasteiger partial charge is 0.350 e. The van der Waals surface area contributed by atoms with E-state index in [1.54, 1.807) is 0 Å². The maximum absolute atomic E-state index is 12.9. The van der Waals surface area contributed by atoms with E-state index < -0.39 is 0 Å². The molecule has 1 amide bonds. The zero-order valence-electron chi connectivity index (χ0n) is 16.8. The van der Waals surface area contributed by atoms with Crippen LogP contribution >= 0.6 is 0 Å². The van der Waals surface area contributed by atoms with Crippen LogP contribution in [0, 0.1) is 18.8 Å². The molecule has 2 aromatic rings. The van der Waals surface area contributed by atoms with Gasteiger partial charge in [-0.15, -0.1) is 10.2 Å². The van der Waals surface area contributed by atoms with Gasteiger partial charge in [0.05, 0.1) is 5.54 Å².